The van der Waals surface area contributed by atoms with Crippen molar-refractivity contribution in [2.75, 3.05) is 7.11 Å². The molecule has 0 saturated heterocycles. The molecule has 108 valence electrons. The van der Waals surface area contributed by atoms with Gasteiger partial charge in [0.1, 0.15) is 5.75 Å². The minimum atomic E-state index is 0.313. The van der Waals surface area contributed by atoms with Gasteiger partial charge in [-0.05, 0) is 43.4 Å². The number of hydrogen-bond donors (Lipinski definition) is 1. The molecule has 2 aromatic rings. The average Bonchev–Trinajstić information content (AvgIpc) is 2.95. The monoisotopic (exact) mass is 293 g/mol. The van der Waals surface area contributed by atoms with E-state index in [4.69, 9.17) is 16.3 Å². The van der Waals surface area contributed by atoms with Gasteiger partial charge < -0.3 is 4.74 Å². The second-order valence-corrected chi connectivity index (χ2v) is 5.40. The zero-order chi connectivity index (χ0) is 14.7. The maximum atomic E-state index is 6.40. The summed E-state index contributed by atoms with van der Waals surface area (Å²) >= 11 is 6.40. The van der Waals surface area contributed by atoms with Gasteiger partial charge in [0.2, 0.25) is 0 Å². The molecule has 0 fully saturated rings. The topological polar surface area (TPSA) is 50.8 Å². The highest BCUT2D eigenvalue weighted by molar-refractivity contribution is 6.32. The van der Waals surface area contributed by atoms with Gasteiger partial charge in [-0.25, -0.2) is 0 Å². The molecular weight excluding hydrogens is 274 g/mol. The molecule has 1 aromatic heterocycles. The molecule has 20 heavy (non-hydrogen) atoms. The van der Waals surface area contributed by atoms with Gasteiger partial charge in [0, 0.05) is 17.0 Å². The number of H-pyrrole nitrogens is 1. The van der Waals surface area contributed by atoms with Gasteiger partial charge in [-0.2, -0.15) is 15.4 Å². The molecule has 0 saturated carbocycles. The van der Waals surface area contributed by atoms with Gasteiger partial charge in [-0.15, -0.1) is 0 Å². The Labute approximate surface area is 124 Å². The van der Waals surface area contributed by atoms with Crippen molar-refractivity contribution in [3.63, 3.8) is 0 Å². The molecule has 2 rings (SSSR count). The summed E-state index contributed by atoms with van der Waals surface area (Å²) in [6.07, 6.45) is 3.58. The summed E-state index contributed by atoms with van der Waals surface area (Å²) in [7, 11) is 1.70. The van der Waals surface area contributed by atoms with Crippen molar-refractivity contribution in [3.8, 4) is 5.75 Å². The Morgan fingerprint density at radius 3 is 2.70 bits per heavy atom. The number of nitrogens with zero attached hydrogens (tertiary/aromatic N) is 2. The van der Waals surface area contributed by atoms with Crippen LogP contribution in [-0.2, 0) is 6.42 Å². The first-order valence-corrected chi connectivity index (χ1v) is 7.14. The summed E-state index contributed by atoms with van der Waals surface area (Å²) in [5.41, 5.74) is 4.27. The van der Waals surface area contributed by atoms with Crippen LogP contribution in [0.3, 0.4) is 0 Å². The van der Waals surface area contributed by atoms with Crippen molar-refractivity contribution in [2.45, 2.75) is 39.5 Å². The normalized spacial score (nSPS) is 12.4. The van der Waals surface area contributed by atoms with E-state index in [1.807, 2.05) is 13.0 Å². The highest BCUT2D eigenvalue weighted by Gasteiger charge is 2.21. The summed E-state index contributed by atoms with van der Waals surface area (Å²) in [4.78, 5) is 0. The number of halogens is 1. The Kier molecular flexibility index (Phi) is 4.65. The quantitative estimate of drug-likeness (QED) is 0.912. The van der Waals surface area contributed by atoms with Gasteiger partial charge in [-0.1, -0.05) is 18.5 Å². The number of hydrogen-bond acceptors (Lipinski definition) is 3. The van der Waals surface area contributed by atoms with Gasteiger partial charge in [-0.3, -0.25) is 0 Å². The molecule has 0 radical (unpaired) electrons. The van der Waals surface area contributed by atoms with Crippen molar-refractivity contribution in [1.29, 1.82) is 0 Å². The first-order chi connectivity index (χ1) is 9.58. The SMILES string of the molecule is CCC(Cc1cn[nH]n1)c1c(OC)cc(C)c(Cl)c1C. The lowest BCUT2D eigenvalue weighted by molar-refractivity contribution is 0.403. The summed E-state index contributed by atoms with van der Waals surface area (Å²) < 4.78 is 5.56. The molecular formula is C15H20ClN3O. The summed E-state index contributed by atoms with van der Waals surface area (Å²) in [5, 5.41) is 11.5. The molecule has 4 nitrogen and oxygen atoms in total. The minimum absolute atomic E-state index is 0.313. The lowest BCUT2D eigenvalue weighted by Gasteiger charge is -2.22. The number of aryl methyl sites for hydroxylation is 1. The highest BCUT2D eigenvalue weighted by Crippen LogP contribution is 2.38. The molecule has 1 unspecified atom stereocenters. The zero-order valence-electron chi connectivity index (χ0n) is 12.3. The Balaban J connectivity index is 2.45. The maximum absolute atomic E-state index is 6.40. The van der Waals surface area contributed by atoms with Crippen LogP contribution in [0.4, 0.5) is 0 Å². The van der Waals surface area contributed by atoms with E-state index >= 15 is 0 Å². The van der Waals surface area contributed by atoms with Crippen molar-refractivity contribution in [2.24, 2.45) is 0 Å². The zero-order valence-corrected chi connectivity index (χ0v) is 13.1. The second kappa shape index (κ2) is 6.27. The van der Waals surface area contributed by atoms with Crippen LogP contribution in [-0.4, -0.2) is 22.5 Å². The minimum Gasteiger partial charge on any atom is -0.496 e. The lowest BCUT2D eigenvalue weighted by atomic mass is 9.87. The fraction of sp³-hybridized carbons (Fsp3) is 0.467. The molecule has 1 N–H and O–H groups in total. The maximum Gasteiger partial charge on any atom is 0.122 e. The molecule has 0 amide bonds. The van der Waals surface area contributed by atoms with E-state index in [2.05, 4.69) is 29.3 Å². The van der Waals surface area contributed by atoms with Crippen LogP contribution in [0.15, 0.2) is 12.3 Å². The Bertz CT molecular complexity index is 581. The smallest absolute Gasteiger partial charge is 0.122 e. The third-order valence-electron chi connectivity index (χ3n) is 3.73. The lowest BCUT2D eigenvalue weighted by Crippen LogP contribution is -2.08. The van der Waals surface area contributed by atoms with Crippen LogP contribution in [0.1, 0.15) is 41.6 Å². The first-order valence-electron chi connectivity index (χ1n) is 6.76. The summed E-state index contributed by atoms with van der Waals surface area (Å²) in [6, 6.07) is 2.01. The van der Waals surface area contributed by atoms with E-state index in [1.54, 1.807) is 13.3 Å². The number of aromatic amines is 1. The van der Waals surface area contributed by atoms with Crippen molar-refractivity contribution in [1.82, 2.24) is 15.4 Å². The Morgan fingerprint density at radius 1 is 1.40 bits per heavy atom. The molecule has 1 aromatic carbocycles. The first kappa shape index (κ1) is 14.9. The van der Waals surface area contributed by atoms with Gasteiger partial charge >= 0.3 is 0 Å². The molecule has 1 heterocycles. The van der Waals surface area contributed by atoms with E-state index in [0.717, 1.165) is 40.4 Å². The number of benzene rings is 1. The molecule has 1 atom stereocenters. The Morgan fingerprint density at radius 2 is 2.15 bits per heavy atom. The van der Waals surface area contributed by atoms with E-state index < -0.39 is 0 Å². The fourth-order valence-corrected chi connectivity index (χ4v) is 2.80. The fourth-order valence-electron chi connectivity index (χ4n) is 2.64. The van der Waals surface area contributed by atoms with E-state index in [9.17, 15) is 0 Å². The van der Waals surface area contributed by atoms with E-state index in [0.29, 0.717) is 5.92 Å². The van der Waals surface area contributed by atoms with E-state index in [1.165, 1.54) is 5.56 Å². The van der Waals surface area contributed by atoms with Gasteiger partial charge in [0.25, 0.3) is 0 Å². The van der Waals surface area contributed by atoms with Gasteiger partial charge in [0.15, 0.2) is 0 Å². The van der Waals surface area contributed by atoms with Crippen LogP contribution < -0.4 is 4.74 Å². The largest absolute Gasteiger partial charge is 0.496 e. The van der Waals surface area contributed by atoms with Crippen LogP contribution in [0.25, 0.3) is 0 Å². The van der Waals surface area contributed by atoms with Crippen molar-refractivity contribution in [3.05, 3.63) is 39.7 Å². The van der Waals surface area contributed by atoms with Crippen LogP contribution in [0.2, 0.25) is 5.02 Å². The van der Waals surface area contributed by atoms with Crippen molar-refractivity contribution >= 4 is 11.6 Å². The summed E-state index contributed by atoms with van der Waals surface area (Å²) in [6.45, 7) is 6.22. The van der Waals surface area contributed by atoms with Gasteiger partial charge in [0.05, 0.1) is 19.0 Å². The molecule has 0 aliphatic rings. The molecule has 0 spiro atoms. The third-order valence-corrected chi connectivity index (χ3v) is 4.32. The number of ether oxygens (including phenoxy) is 1. The number of nitrogens with one attached hydrogen (secondary N) is 1. The van der Waals surface area contributed by atoms with Crippen LogP contribution in [0, 0.1) is 13.8 Å². The molecule has 0 aliphatic carbocycles. The summed E-state index contributed by atoms with van der Waals surface area (Å²) in [5.74, 6) is 1.22. The predicted octanol–water partition coefficient (Wildman–Crippen LogP) is 3.82. The Hall–Kier alpha value is -1.55. The van der Waals surface area contributed by atoms with Crippen LogP contribution in [0.5, 0.6) is 5.75 Å². The van der Waals surface area contributed by atoms with E-state index in [-0.39, 0.29) is 0 Å². The number of methoxy groups -OCH3 is 1. The third kappa shape index (κ3) is 2.80. The standard InChI is InChI=1S/C15H20ClN3O/c1-5-11(7-12-8-17-19-18-12)14-10(3)15(16)9(2)6-13(14)20-4/h6,8,11H,5,7H2,1-4H3,(H,17,18,19). The molecule has 0 aliphatic heterocycles. The van der Waals surface area contributed by atoms with Crippen LogP contribution >= 0.6 is 11.6 Å². The highest BCUT2D eigenvalue weighted by atomic mass is 35.5. The molecule has 0 bridgehead atoms. The number of rotatable bonds is 5. The second-order valence-electron chi connectivity index (χ2n) is 5.02. The van der Waals surface area contributed by atoms with Crippen molar-refractivity contribution < 1.29 is 4.74 Å². The molecule has 5 heteroatoms. The number of aromatic nitrogens is 3. The predicted molar refractivity (Wildman–Crippen MR) is 80.6 cm³/mol. The average molecular weight is 294 g/mol.